The molecule has 0 amide bonds. The first-order chi connectivity index (χ1) is 8.83. The van der Waals surface area contributed by atoms with E-state index in [1.54, 1.807) is 6.26 Å². The van der Waals surface area contributed by atoms with E-state index in [0.717, 1.165) is 24.3 Å². The fourth-order valence-electron chi connectivity index (χ4n) is 1.93. The fourth-order valence-corrected chi connectivity index (χ4v) is 1.93. The van der Waals surface area contributed by atoms with Crippen molar-refractivity contribution in [2.75, 3.05) is 0 Å². The summed E-state index contributed by atoms with van der Waals surface area (Å²) in [4.78, 5) is 0. The summed E-state index contributed by atoms with van der Waals surface area (Å²) in [5.74, 6) is 0.953. The topological polar surface area (TPSA) is 49.0 Å². The zero-order valence-electron chi connectivity index (χ0n) is 10.4. The molecule has 0 saturated carbocycles. The van der Waals surface area contributed by atoms with E-state index in [-0.39, 0.29) is 6.04 Å². The summed E-state index contributed by atoms with van der Waals surface area (Å²) in [5.41, 5.74) is 1.81. The van der Waals surface area contributed by atoms with Gasteiger partial charge in [-0.25, -0.2) is 0 Å². The molecule has 0 radical (unpaired) electrons. The molecule has 1 unspecified atom stereocenters. The van der Waals surface area contributed by atoms with Crippen LogP contribution < -0.4 is 5.32 Å². The average Bonchev–Trinajstić information content (AvgIpc) is 2.94. The Morgan fingerprint density at radius 3 is 2.89 bits per heavy atom. The quantitative estimate of drug-likeness (QED) is 0.871. The zero-order chi connectivity index (χ0) is 12.8. The molecule has 2 rings (SSSR count). The maximum absolute atomic E-state index is 8.85. The smallest absolute Gasteiger partial charge is 0.120 e. The number of hydrogen-bond acceptors (Lipinski definition) is 3. The summed E-state index contributed by atoms with van der Waals surface area (Å²) in [5, 5.41) is 12.3. The molecule has 1 atom stereocenters. The number of benzene rings is 1. The van der Waals surface area contributed by atoms with E-state index < -0.39 is 0 Å². The van der Waals surface area contributed by atoms with Crippen LogP contribution in [0.2, 0.25) is 0 Å². The third-order valence-electron chi connectivity index (χ3n) is 2.90. The normalized spacial score (nSPS) is 12.0. The summed E-state index contributed by atoms with van der Waals surface area (Å²) in [6, 6.07) is 13.9. The summed E-state index contributed by atoms with van der Waals surface area (Å²) >= 11 is 0. The van der Waals surface area contributed by atoms with Gasteiger partial charge in [0.05, 0.1) is 23.9 Å². The molecule has 3 heteroatoms. The number of nitrogens with one attached hydrogen (secondary N) is 1. The van der Waals surface area contributed by atoms with Crippen molar-refractivity contribution in [2.45, 2.75) is 25.9 Å². The van der Waals surface area contributed by atoms with Crippen LogP contribution >= 0.6 is 0 Å². The van der Waals surface area contributed by atoms with E-state index in [1.165, 1.54) is 0 Å². The van der Waals surface area contributed by atoms with E-state index in [1.807, 2.05) is 36.4 Å². The van der Waals surface area contributed by atoms with Crippen LogP contribution in [0.1, 0.15) is 36.3 Å². The summed E-state index contributed by atoms with van der Waals surface area (Å²) in [6.07, 6.45) is 2.65. The Bertz CT molecular complexity index is 526. The lowest BCUT2D eigenvalue weighted by atomic mass is 10.1. The van der Waals surface area contributed by atoms with E-state index in [0.29, 0.717) is 5.56 Å². The molecule has 0 spiro atoms. The van der Waals surface area contributed by atoms with Crippen molar-refractivity contribution in [3.63, 3.8) is 0 Å². The van der Waals surface area contributed by atoms with Gasteiger partial charge in [0.15, 0.2) is 0 Å². The van der Waals surface area contributed by atoms with Gasteiger partial charge in [0, 0.05) is 6.54 Å². The molecule has 0 aliphatic carbocycles. The lowest BCUT2D eigenvalue weighted by Gasteiger charge is -2.14. The first kappa shape index (κ1) is 12.4. The first-order valence-electron chi connectivity index (χ1n) is 6.09. The molecule has 0 aliphatic heterocycles. The van der Waals surface area contributed by atoms with Gasteiger partial charge in [0.2, 0.25) is 0 Å². The van der Waals surface area contributed by atoms with E-state index >= 15 is 0 Å². The molecule has 0 saturated heterocycles. The van der Waals surface area contributed by atoms with Gasteiger partial charge in [0.25, 0.3) is 0 Å². The van der Waals surface area contributed by atoms with Gasteiger partial charge in [-0.15, -0.1) is 0 Å². The first-order valence-corrected chi connectivity index (χ1v) is 6.09. The Hall–Kier alpha value is -2.05. The second-order valence-corrected chi connectivity index (χ2v) is 4.17. The van der Waals surface area contributed by atoms with Crippen LogP contribution in [0.4, 0.5) is 0 Å². The van der Waals surface area contributed by atoms with Gasteiger partial charge in [-0.2, -0.15) is 5.26 Å². The third-order valence-corrected chi connectivity index (χ3v) is 2.90. The van der Waals surface area contributed by atoms with Gasteiger partial charge in [-0.1, -0.05) is 19.1 Å². The highest BCUT2D eigenvalue weighted by Crippen LogP contribution is 2.17. The van der Waals surface area contributed by atoms with Crippen LogP contribution in [0.5, 0.6) is 0 Å². The van der Waals surface area contributed by atoms with Crippen molar-refractivity contribution in [2.24, 2.45) is 0 Å². The summed E-state index contributed by atoms with van der Waals surface area (Å²) < 4.78 is 5.41. The number of rotatable bonds is 5. The Kier molecular flexibility index (Phi) is 4.16. The molecule has 1 aromatic carbocycles. The molecule has 2 aromatic rings. The second-order valence-electron chi connectivity index (χ2n) is 4.17. The Balaban J connectivity index is 2.00. The molecule has 3 nitrogen and oxygen atoms in total. The summed E-state index contributed by atoms with van der Waals surface area (Å²) in [6.45, 7) is 2.85. The lowest BCUT2D eigenvalue weighted by molar-refractivity contribution is 0.403. The molecule has 1 heterocycles. The Morgan fingerprint density at radius 1 is 1.33 bits per heavy atom. The predicted molar refractivity (Wildman–Crippen MR) is 69.7 cm³/mol. The standard InChI is InChI=1S/C15H16N2O/c1-2-14(15-7-4-8-18-15)17-11-13-6-3-5-12(9-13)10-16/h3-9,14,17H,2,11H2,1H3. The molecule has 92 valence electrons. The fraction of sp³-hybridized carbons (Fsp3) is 0.267. The van der Waals surface area contributed by atoms with Crippen LogP contribution in [0.25, 0.3) is 0 Å². The van der Waals surface area contributed by atoms with Crippen molar-refractivity contribution >= 4 is 0 Å². The largest absolute Gasteiger partial charge is 0.468 e. The van der Waals surface area contributed by atoms with Gasteiger partial charge < -0.3 is 9.73 Å². The third kappa shape index (κ3) is 2.99. The molecular formula is C15H16N2O. The Labute approximate surface area is 107 Å². The van der Waals surface area contributed by atoms with Crippen LogP contribution in [0, 0.1) is 11.3 Å². The molecule has 1 aromatic heterocycles. The minimum atomic E-state index is 0.214. The molecule has 0 aliphatic rings. The highest BCUT2D eigenvalue weighted by molar-refractivity contribution is 5.32. The number of nitrogens with zero attached hydrogens (tertiary/aromatic N) is 1. The minimum Gasteiger partial charge on any atom is -0.468 e. The number of furan rings is 1. The molecule has 18 heavy (non-hydrogen) atoms. The SMILES string of the molecule is CCC(NCc1cccc(C#N)c1)c1ccco1. The van der Waals surface area contributed by atoms with Crippen molar-refractivity contribution in [3.8, 4) is 6.07 Å². The maximum Gasteiger partial charge on any atom is 0.120 e. The maximum atomic E-state index is 8.85. The van der Waals surface area contributed by atoms with Gasteiger partial charge in [-0.05, 0) is 36.2 Å². The highest BCUT2D eigenvalue weighted by atomic mass is 16.3. The van der Waals surface area contributed by atoms with Crippen LogP contribution in [0.15, 0.2) is 47.1 Å². The minimum absolute atomic E-state index is 0.214. The van der Waals surface area contributed by atoms with Crippen LogP contribution in [-0.4, -0.2) is 0 Å². The molecule has 0 bridgehead atoms. The Morgan fingerprint density at radius 2 is 2.22 bits per heavy atom. The monoisotopic (exact) mass is 240 g/mol. The van der Waals surface area contributed by atoms with Gasteiger partial charge in [0.1, 0.15) is 5.76 Å². The van der Waals surface area contributed by atoms with Crippen molar-refractivity contribution < 1.29 is 4.42 Å². The van der Waals surface area contributed by atoms with Gasteiger partial charge in [-0.3, -0.25) is 0 Å². The second kappa shape index (κ2) is 6.04. The number of hydrogen-bond donors (Lipinski definition) is 1. The van der Waals surface area contributed by atoms with E-state index in [9.17, 15) is 0 Å². The molecule has 0 fully saturated rings. The van der Waals surface area contributed by atoms with Crippen LogP contribution in [0.3, 0.4) is 0 Å². The summed E-state index contributed by atoms with van der Waals surface area (Å²) in [7, 11) is 0. The van der Waals surface area contributed by atoms with E-state index in [4.69, 9.17) is 9.68 Å². The van der Waals surface area contributed by atoms with E-state index in [2.05, 4.69) is 18.3 Å². The van der Waals surface area contributed by atoms with Gasteiger partial charge >= 0.3 is 0 Å². The number of nitriles is 1. The van der Waals surface area contributed by atoms with Crippen LogP contribution in [-0.2, 0) is 6.54 Å². The molecular weight excluding hydrogens is 224 g/mol. The van der Waals surface area contributed by atoms with Crippen molar-refractivity contribution in [3.05, 3.63) is 59.5 Å². The molecule has 1 N–H and O–H groups in total. The predicted octanol–water partition coefficient (Wildman–Crippen LogP) is 3.39. The lowest BCUT2D eigenvalue weighted by Crippen LogP contribution is -2.19. The van der Waals surface area contributed by atoms with Crippen molar-refractivity contribution in [1.29, 1.82) is 5.26 Å². The highest BCUT2D eigenvalue weighted by Gasteiger charge is 2.10. The zero-order valence-corrected chi connectivity index (χ0v) is 10.4. The van der Waals surface area contributed by atoms with Crippen molar-refractivity contribution in [1.82, 2.24) is 5.32 Å². The average molecular weight is 240 g/mol.